The second kappa shape index (κ2) is 2.95. The first-order valence-corrected chi connectivity index (χ1v) is 5.30. The van der Waals surface area contributed by atoms with Crippen LogP contribution in [-0.4, -0.2) is 16.1 Å². The molecule has 78 valence electrons. The van der Waals surface area contributed by atoms with Crippen molar-refractivity contribution in [2.24, 2.45) is 5.92 Å². The number of fused-ring (bicyclic) bond motifs is 3. The van der Waals surface area contributed by atoms with Crippen LogP contribution in [0.25, 0.3) is 0 Å². The Morgan fingerprint density at radius 2 is 2.53 bits per heavy atom. The van der Waals surface area contributed by atoms with E-state index in [2.05, 4.69) is 15.5 Å². The highest BCUT2D eigenvalue weighted by Crippen LogP contribution is 2.55. The highest BCUT2D eigenvalue weighted by Gasteiger charge is 2.48. The molecule has 2 atom stereocenters. The molecule has 0 spiro atoms. The number of H-pyrrole nitrogens is 1. The highest BCUT2D eigenvalue weighted by atomic mass is 16.1. The number of hydrogen-bond donors (Lipinski definition) is 2. The number of amides is 1. The first-order chi connectivity index (χ1) is 7.31. The number of rotatable bonds is 2. The lowest BCUT2D eigenvalue weighted by Gasteiger charge is -1.98. The Hall–Kier alpha value is -1.58. The summed E-state index contributed by atoms with van der Waals surface area (Å²) in [5.74, 6) is 1.34. The van der Waals surface area contributed by atoms with Gasteiger partial charge in [0.25, 0.3) is 5.91 Å². The molecule has 4 nitrogen and oxygen atoms in total. The van der Waals surface area contributed by atoms with E-state index in [0.717, 1.165) is 17.9 Å². The van der Waals surface area contributed by atoms with Crippen molar-refractivity contribution in [2.75, 3.05) is 0 Å². The van der Waals surface area contributed by atoms with Crippen molar-refractivity contribution in [1.29, 1.82) is 0 Å². The van der Waals surface area contributed by atoms with Crippen LogP contribution in [0.4, 0.5) is 0 Å². The molecule has 1 amide bonds. The maximum absolute atomic E-state index is 11.7. The van der Waals surface area contributed by atoms with Gasteiger partial charge in [0.05, 0.1) is 0 Å². The number of carbonyl (C=O) groups is 1. The molecule has 2 aliphatic carbocycles. The van der Waals surface area contributed by atoms with E-state index in [1.165, 1.54) is 12.1 Å². The first-order valence-electron chi connectivity index (χ1n) is 5.30. The van der Waals surface area contributed by atoms with Crippen LogP contribution >= 0.6 is 0 Å². The molecule has 1 fully saturated rings. The van der Waals surface area contributed by atoms with Crippen molar-refractivity contribution in [3.63, 3.8) is 0 Å². The van der Waals surface area contributed by atoms with Crippen molar-refractivity contribution in [3.05, 3.63) is 29.2 Å². The molecule has 1 aromatic heterocycles. The van der Waals surface area contributed by atoms with Crippen molar-refractivity contribution < 1.29 is 4.79 Å². The van der Waals surface area contributed by atoms with Gasteiger partial charge in [-0.25, -0.2) is 0 Å². The fraction of sp³-hybridized carbons (Fsp3) is 0.455. The smallest absolute Gasteiger partial charge is 0.275 e. The monoisotopic (exact) mass is 203 g/mol. The summed E-state index contributed by atoms with van der Waals surface area (Å²) in [6, 6.07) is 0. The van der Waals surface area contributed by atoms with Gasteiger partial charge in [-0.05, 0) is 31.9 Å². The topological polar surface area (TPSA) is 57.8 Å². The van der Waals surface area contributed by atoms with Crippen LogP contribution in [0.5, 0.6) is 0 Å². The van der Waals surface area contributed by atoms with Crippen LogP contribution in [0.1, 0.15) is 41.0 Å². The summed E-state index contributed by atoms with van der Waals surface area (Å²) in [6.07, 6.45) is 5.72. The molecule has 4 heteroatoms. The molecule has 0 aliphatic heterocycles. The van der Waals surface area contributed by atoms with E-state index in [1.54, 1.807) is 12.3 Å². The van der Waals surface area contributed by atoms with E-state index >= 15 is 0 Å². The van der Waals surface area contributed by atoms with Crippen LogP contribution in [0, 0.1) is 5.92 Å². The van der Waals surface area contributed by atoms with E-state index in [0.29, 0.717) is 11.6 Å². The molecule has 2 aliphatic rings. The average Bonchev–Trinajstić information content (AvgIpc) is 2.73. The molecule has 0 saturated heterocycles. The van der Waals surface area contributed by atoms with Gasteiger partial charge >= 0.3 is 0 Å². The Bertz CT molecular complexity index is 447. The van der Waals surface area contributed by atoms with Gasteiger partial charge in [-0.3, -0.25) is 9.89 Å². The zero-order valence-electron chi connectivity index (χ0n) is 8.58. The largest absolute Gasteiger partial charge is 0.328 e. The molecule has 0 radical (unpaired) electrons. The van der Waals surface area contributed by atoms with E-state index in [-0.39, 0.29) is 5.91 Å². The van der Waals surface area contributed by atoms with Crippen LogP contribution in [0.15, 0.2) is 12.3 Å². The van der Waals surface area contributed by atoms with E-state index < -0.39 is 0 Å². The standard InChI is InChI=1S/C11H13N3O/c1-2-3-12-11(15)10-8-5-6-4-7(6)9(8)13-14-10/h2-3,6-7H,4-5H2,1H3,(H,12,15)(H,13,14). The summed E-state index contributed by atoms with van der Waals surface area (Å²) in [7, 11) is 0. The summed E-state index contributed by atoms with van der Waals surface area (Å²) < 4.78 is 0. The van der Waals surface area contributed by atoms with Crippen molar-refractivity contribution in [1.82, 2.24) is 15.5 Å². The fourth-order valence-electron chi connectivity index (χ4n) is 2.40. The van der Waals surface area contributed by atoms with Gasteiger partial charge in [-0.15, -0.1) is 0 Å². The lowest BCUT2D eigenvalue weighted by Crippen LogP contribution is -2.19. The normalized spacial score (nSPS) is 26.5. The van der Waals surface area contributed by atoms with Crippen molar-refractivity contribution >= 4 is 5.91 Å². The van der Waals surface area contributed by atoms with Crippen LogP contribution in [0.2, 0.25) is 0 Å². The van der Waals surface area contributed by atoms with Crippen LogP contribution in [-0.2, 0) is 6.42 Å². The lowest BCUT2D eigenvalue weighted by molar-refractivity contribution is 0.0964. The molecule has 0 aromatic carbocycles. The number of nitrogens with zero attached hydrogens (tertiary/aromatic N) is 1. The fourth-order valence-corrected chi connectivity index (χ4v) is 2.40. The molecular weight excluding hydrogens is 190 g/mol. The summed E-state index contributed by atoms with van der Waals surface area (Å²) >= 11 is 0. The summed E-state index contributed by atoms with van der Waals surface area (Å²) in [5, 5.41) is 9.79. The third-order valence-electron chi connectivity index (χ3n) is 3.25. The highest BCUT2D eigenvalue weighted by molar-refractivity contribution is 5.94. The second-order valence-electron chi connectivity index (χ2n) is 4.24. The Balaban J connectivity index is 1.87. The molecule has 1 heterocycles. The minimum absolute atomic E-state index is 0.105. The summed E-state index contributed by atoms with van der Waals surface area (Å²) in [5.41, 5.74) is 2.92. The molecule has 3 rings (SSSR count). The quantitative estimate of drug-likeness (QED) is 0.761. The SMILES string of the molecule is CC=CNC(=O)c1n[nH]c2c1CC1CC21. The first kappa shape index (κ1) is 8.71. The van der Waals surface area contributed by atoms with Crippen molar-refractivity contribution in [2.45, 2.75) is 25.7 Å². The molecule has 2 unspecified atom stereocenters. The molecule has 0 bridgehead atoms. The lowest BCUT2D eigenvalue weighted by atomic mass is 10.1. The average molecular weight is 203 g/mol. The second-order valence-corrected chi connectivity index (χ2v) is 4.24. The number of hydrogen-bond acceptors (Lipinski definition) is 2. The zero-order chi connectivity index (χ0) is 10.4. The maximum atomic E-state index is 11.7. The van der Waals surface area contributed by atoms with Gasteiger partial charge in [0.15, 0.2) is 5.69 Å². The number of carbonyl (C=O) groups excluding carboxylic acids is 1. The van der Waals surface area contributed by atoms with Gasteiger partial charge in [-0.2, -0.15) is 5.10 Å². The Labute approximate surface area is 87.8 Å². The number of aromatic nitrogens is 2. The Morgan fingerprint density at radius 1 is 1.67 bits per heavy atom. The Kier molecular flexibility index (Phi) is 1.71. The van der Waals surface area contributed by atoms with Gasteiger partial charge in [0, 0.05) is 17.2 Å². The van der Waals surface area contributed by atoms with Gasteiger partial charge in [0.1, 0.15) is 0 Å². The third-order valence-corrected chi connectivity index (χ3v) is 3.25. The molecule has 1 saturated carbocycles. The van der Waals surface area contributed by atoms with Crippen molar-refractivity contribution in [3.8, 4) is 0 Å². The number of allylic oxidation sites excluding steroid dienone is 1. The maximum Gasteiger partial charge on any atom is 0.275 e. The summed E-state index contributed by atoms with van der Waals surface area (Å²) in [4.78, 5) is 11.7. The van der Waals surface area contributed by atoms with E-state index in [4.69, 9.17) is 0 Å². The number of aromatic amines is 1. The van der Waals surface area contributed by atoms with Gasteiger partial charge in [0.2, 0.25) is 0 Å². The minimum Gasteiger partial charge on any atom is -0.328 e. The zero-order valence-corrected chi connectivity index (χ0v) is 8.58. The third kappa shape index (κ3) is 1.21. The van der Waals surface area contributed by atoms with Gasteiger partial charge < -0.3 is 5.32 Å². The number of nitrogens with one attached hydrogen (secondary N) is 2. The van der Waals surface area contributed by atoms with Crippen LogP contribution in [0.3, 0.4) is 0 Å². The minimum atomic E-state index is -0.105. The molecule has 1 aromatic rings. The molecule has 15 heavy (non-hydrogen) atoms. The molecular formula is C11H13N3O. The predicted octanol–water partition coefficient (Wildman–Crippen LogP) is 1.33. The summed E-state index contributed by atoms with van der Waals surface area (Å²) in [6.45, 7) is 1.87. The van der Waals surface area contributed by atoms with Gasteiger partial charge in [-0.1, -0.05) is 6.08 Å². The van der Waals surface area contributed by atoms with E-state index in [1.807, 2.05) is 6.92 Å². The molecule has 2 N–H and O–H groups in total. The Morgan fingerprint density at radius 3 is 3.33 bits per heavy atom. The predicted molar refractivity (Wildman–Crippen MR) is 55.4 cm³/mol. The van der Waals surface area contributed by atoms with E-state index in [9.17, 15) is 4.79 Å². The van der Waals surface area contributed by atoms with Crippen LogP contribution < -0.4 is 5.32 Å².